The zero-order valence-corrected chi connectivity index (χ0v) is 22.1. The summed E-state index contributed by atoms with van der Waals surface area (Å²) in [5, 5.41) is 40.9. The molecular formula is C30H39NO8. The van der Waals surface area contributed by atoms with Crippen LogP contribution in [-0.4, -0.2) is 44.7 Å². The lowest BCUT2D eigenvalue weighted by Crippen LogP contribution is -2.23. The molecule has 0 aromatic heterocycles. The zero-order chi connectivity index (χ0) is 28.0. The van der Waals surface area contributed by atoms with Crippen molar-refractivity contribution >= 4 is 5.97 Å². The number of esters is 1. The minimum Gasteiger partial charge on any atom is -0.427 e. The van der Waals surface area contributed by atoms with Crippen molar-refractivity contribution in [2.75, 3.05) is 0 Å². The molecule has 1 saturated carbocycles. The monoisotopic (exact) mass is 541 g/mol. The fourth-order valence-corrected chi connectivity index (χ4v) is 5.16. The Morgan fingerprint density at radius 3 is 2.54 bits per heavy atom. The summed E-state index contributed by atoms with van der Waals surface area (Å²) in [7, 11) is 0. The molecule has 0 aliphatic heterocycles. The predicted octanol–water partition coefficient (Wildman–Crippen LogP) is 4.55. The molecule has 9 nitrogen and oxygen atoms in total. The van der Waals surface area contributed by atoms with E-state index in [1.165, 1.54) is 11.6 Å². The number of ether oxygens (including phenoxy) is 1. The SMILES string of the molecule is O=C(CCC/C=C\C[C@H]1[C@H](CCC(O)CCc2ccccc2)[C@@H](O)C[C@H]1O)Oc1cccc(CO[N+](=O)[O-])c1. The van der Waals surface area contributed by atoms with E-state index in [2.05, 4.69) is 4.84 Å². The summed E-state index contributed by atoms with van der Waals surface area (Å²) in [5.74, 6) is -0.201. The molecule has 2 aromatic carbocycles. The third kappa shape index (κ3) is 10.8. The second-order valence-corrected chi connectivity index (χ2v) is 10.2. The van der Waals surface area contributed by atoms with Gasteiger partial charge in [-0.25, -0.2) is 0 Å². The van der Waals surface area contributed by atoms with Gasteiger partial charge in [0.1, 0.15) is 12.4 Å². The number of carbonyl (C=O) groups excluding carboxylic acids is 1. The maximum atomic E-state index is 12.1. The number of benzene rings is 2. The van der Waals surface area contributed by atoms with Crippen molar-refractivity contribution in [2.24, 2.45) is 11.8 Å². The van der Waals surface area contributed by atoms with Gasteiger partial charge in [-0.1, -0.05) is 54.6 Å². The lowest BCUT2D eigenvalue weighted by atomic mass is 9.85. The Morgan fingerprint density at radius 2 is 1.77 bits per heavy atom. The highest BCUT2D eigenvalue weighted by molar-refractivity contribution is 5.72. The molecule has 0 heterocycles. The van der Waals surface area contributed by atoms with Gasteiger partial charge in [0, 0.05) is 6.42 Å². The molecule has 9 heteroatoms. The first-order chi connectivity index (χ1) is 18.8. The molecule has 1 aliphatic rings. The van der Waals surface area contributed by atoms with Crippen molar-refractivity contribution < 1.29 is 34.8 Å². The van der Waals surface area contributed by atoms with Gasteiger partial charge in [0.15, 0.2) is 0 Å². The van der Waals surface area contributed by atoms with Gasteiger partial charge in [0.25, 0.3) is 5.09 Å². The third-order valence-corrected chi connectivity index (χ3v) is 7.26. The van der Waals surface area contributed by atoms with Crippen LogP contribution >= 0.6 is 0 Å². The summed E-state index contributed by atoms with van der Waals surface area (Å²) in [4.78, 5) is 26.8. The van der Waals surface area contributed by atoms with E-state index in [1.54, 1.807) is 18.2 Å². The number of unbranched alkanes of at least 4 members (excludes halogenated alkanes) is 1. The number of allylic oxidation sites excluding steroid dienone is 2. The first-order valence-electron chi connectivity index (χ1n) is 13.6. The molecule has 1 unspecified atom stereocenters. The van der Waals surface area contributed by atoms with Crippen LogP contribution in [0.1, 0.15) is 62.5 Å². The Bertz CT molecular complexity index is 1060. The minimum absolute atomic E-state index is 0.0579. The van der Waals surface area contributed by atoms with Gasteiger partial charge in [-0.15, -0.1) is 10.1 Å². The van der Waals surface area contributed by atoms with Gasteiger partial charge in [-0.2, -0.15) is 0 Å². The van der Waals surface area contributed by atoms with Crippen LogP contribution in [0.4, 0.5) is 0 Å². The van der Waals surface area contributed by atoms with E-state index in [0.29, 0.717) is 56.3 Å². The Labute approximate surface area is 229 Å². The molecular weight excluding hydrogens is 502 g/mol. The number of hydrogen-bond donors (Lipinski definition) is 3. The lowest BCUT2D eigenvalue weighted by Gasteiger charge is -2.23. The van der Waals surface area contributed by atoms with E-state index >= 15 is 0 Å². The molecule has 0 radical (unpaired) electrons. The van der Waals surface area contributed by atoms with Gasteiger partial charge in [-0.05, 0) is 86.5 Å². The number of nitrogens with zero attached hydrogens (tertiary/aromatic N) is 1. The van der Waals surface area contributed by atoms with E-state index in [-0.39, 0.29) is 24.9 Å². The summed E-state index contributed by atoms with van der Waals surface area (Å²) in [6.07, 6.45) is 7.59. The molecule has 212 valence electrons. The highest BCUT2D eigenvalue weighted by atomic mass is 16.9. The van der Waals surface area contributed by atoms with E-state index in [1.807, 2.05) is 42.5 Å². The van der Waals surface area contributed by atoms with Gasteiger partial charge in [0.2, 0.25) is 0 Å². The molecule has 0 amide bonds. The number of aliphatic hydroxyl groups excluding tert-OH is 3. The van der Waals surface area contributed by atoms with E-state index in [4.69, 9.17) is 4.74 Å². The number of aliphatic hydroxyl groups is 3. The van der Waals surface area contributed by atoms with E-state index < -0.39 is 29.4 Å². The van der Waals surface area contributed by atoms with Crippen molar-refractivity contribution in [2.45, 2.75) is 82.7 Å². The van der Waals surface area contributed by atoms with Crippen LogP contribution in [0.25, 0.3) is 0 Å². The normalized spacial score (nSPS) is 21.6. The second kappa shape index (κ2) is 16.0. The number of hydrogen-bond acceptors (Lipinski definition) is 8. The van der Waals surface area contributed by atoms with Crippen LogP contribution in [-0.2, 0) is 22.7 Å². The Kier molecular flexibility index (Phi) is 12.4. The Hall–Kier alpha value is -3.27. The summed E-state index contributed by atoms with van der Waals surface area (Å²) in [6.45, 7) is -0.217. The fourth-order valence-electron chi connectivity index (χ4n) is 5.16. The smallest absolute Gasteiger partial charge is 0.311 e. The Morgan fingerprint density at radius 1 is 1.03 bits per heavy atom. The van der Waals surface area contributed by atoms with E-state index in [0.717, 1.165) is 6.42 Å². The topological polar surface area (TPSA) is 139 Å². The molecule has 0 bridgehead atoms. The average Bonchev–Trinajstić information content (AvgIpc) is 3.19. The van der Waals surface area contributed by atoms with Crippen LogP contribution in [0, 0.1) is 22.0 Å². The standard InChI is InChI=1S/C30H39NO8/c32-24(16-15-22-9-4-3-5-10-22)17-18-27-26(28(33)20-29(27)34)13-6-1-2-7-14-30(35)39-25-12-8-11-23(19-25)21-38-31(36)37/h1,3-6,8-12,19,24,26-29,32-34H,2,7,13-18,20-21H2/b6-1-/t24?,26-,27-,28+,29-/m0/s1. The molecule has 0 spiro atoms. The lowest BCUT2D eigenvalue weighted by molar-refractivity contribution is -0.763. The average molecular weight is 542 g/mol. The zero-order valence-electron chi connectivity index (χ0n) is 22.1. The molecule has 3 N–H and O–H groups in total. The summed E-state index contributed by atoms with van der Waals surface area (Å²) in [5.41, 5.74) is 1.72. The first kappa shape index (κ1) is 30.3. The number of carbonyl (C=O) groups is 1. The van der Waals surface area contributed by atoms with E-state index in [9.17, 15) is 30.2 Å². The molecule has 0 saturated heterocycles. The van der Waals surface area contributed by atoms with Crippen LogP contribution in [0.2, 0.25) is 0 Å². The molecule has 5 atom stereocenters. The predicted molar refractivity (Wildman–Crippen MR) is 145 cm³/mol. The molecule has 2 aromatic rings. The fraction of sp³-hybridized carbons (Fsp3) is 0.500. The summed E-state index contributed by atoms with van der Waals surface area (Å²) >= 11 is 0. The van der Waals surface area contributed by atoms with Gasteiger partial charge >= 0.3 is 5.97 Å². The first-order valence-corrected chi connectivity index (χ1v) is 13.6. The van der Waals surface area contributed by atoms with Crippen LogP contribution in [0.5, 0.6) is 5.75 Å². The van der Waals surface area contributed by atoms with Crippen molar-refractivity contribution in [3.63, 3.8) is 0 Å². The maximum Gasteiger partial charge on any atom is 0.311 e. The third-order valence-electron chi connectivity index (χ3n) is 7.26. The van der Waals surface area contributed by atoms with Crippen molar-refractivity contribution in [1.29, 1.82) is 0 Å². The number of rotatable bonds is 16. The van der Waals surface area contributed by atoms with Crippen LogP contribution in [0.15, 0.2) is 66.7 Å². The second-order valence-electron chi connectivity index (χ2n) is 10.2. The molecule has 1 fully saturated rings. The van der Waals surface area contributed by atoms with Gasteiger partial charge in [0.05, 0.1) is 18.3 Å². The molecule has 1 aliphatic carbocycles. The van der Waals surface area contributed by atoms with Crippen LogP contribution in [0.3, 0.4) is 0 Å². The Balaban J connectivity index is 1.35. The largest absolute Gasteiger partial charge is 0.427 e. The quantitative estimate of drug-likeness (QED) is 0.0702. The summed E-state index contributed by atoms with van der Waals surface area (Å²) in [6, 6.07) is 16.5. The highest BCUT2D eigenvalue weighted by Gasteiger charge is 2.40. The number of aryl methyl sites for hydroxylation is 1. The maximum absolute atomic E-state index is 12.1. The minimum atomic E-state index is -0.874. The van der Waals surface area contributed by atoms with Gasteiger partial charge in [-0.3, -0.25) is 4.79 Å². The van der Waals surface area contributed by atoms with Crippen molar-refractivity contribution in [3.8, 4) is 5.75 Å². The van der Waals surface area contributed by atoms with Crippen molar-refractivity contribution in [1.82, 2.24) is 0 Å². The van der Waals surface area contributed by atoms with Crippen molar-refractivity contribution in [3.05, 3.63) is 88.0 Å². The summed E-state index contributed by atoms with van der Waals surface area (Å²) < 4.78 is 5.31. The van der Waals surface area contributed by atoms with Gasteiger partial charge < -0.3 is 24.9 Å². The molecule has 3 rings (SSSR count). The highest BCUT2D eigenvalue weighted by Crippen LogP contribution is 2.38. The van der Waals surface area contributed by atoms with Crippen LogP contribution < -0.4 is 4.74 Å². The molecule has 39 heavy (non-hydrogen) atoms.